The fourth-order valence-corrected chi connectivity index (χ4v) is 5.22. The van der Waals surface area contributed by atoms with Crippen molar-refractivity contribution in [3.05, 3.63) is 59.9 Å². The lowest BCUT2D eigenvalue weighted by Crippen LogP contribution is -2.44. The van der Waals surface area contributed by atoms with E-state index in [1.54, 1.807) is 24.3 Å². The number of carbonyl (C=O) groups is 1. The molecule has 2 aliphatic heterocycles. The number of ether oxygens (including phenoxy) is 1. The Morgan fingerprint density at radius 2 is 1.59 bits per heavy atom. The van der Waals surface area contributed by atoms with Crippen LogP contribution in [0.1, 0.15) is 23.2 Å². The number of piperidine rings is 1. The van der Waals surface area contributed by atoms with Crippen molar-refractivity contribution in [2.24, 2.45) is 5.92 Å². The van der Waals surface area contributed by atoms with E-state index in [-0.39, 0.29) is 10.8 Å². The summed E-state index contributed by atoms with van der Waals surface area (Å²) < 4.78 is 45.8. The lowest BCUT2D eigenvalue weighted by molar-refractivity contribution is 0.0243. The van der Waals surface area contributed by atoms with Crippen LogP contribution in [-0.4, -0.2) is 70.1 Å². The topological polar surface area (TPSA) is 79.0 Å². The van der Waals surface area contributed by atoms with Crippen molar-refractivity contribution in [3.63, 3.8) is 0 Å². The van der Waals surface area contributed by atoms with Crippen molar-refractivity contribution >= 4 is 21.6 Å². The van der Waals surface area contributed by atoms with Crippen LogP contribution in [0, 0.1) is 11.7 Å². The van der Waals surface area contributed by atoms with E-state index in [9.17, 15) is 17.6 Å². The Morgan fingerprint density at radius 3 is 2.22 bits per heavy atom. The number of hydrogen-bond acceptors (Lipinski definition) is 5. The van der Waals surface area contributed by atoms with E-state index in [0.29, 0.717) is 17.2 Å². The Labute approximate surface area is 188 Å². The van der Waals surface area contributed by atoms with Gasteiger partial charge in [0.2, 0.25) is 0 Å². The van der Waals surface area contributed by atoms with Crippen LogP contribution in [0.4, 0.5) is 10.1 Å². The van der Waals surface area contributed by atoms with Crippen LogP contribution >= 0.6 is 0 Å². The largest absolute Gasteiger partial charge is 0.379 e. The molecule has 2 saturated heterocycles. The number of nitrogens with zero attached hydrogens (tertiary/aromatic N) is 2. The third-order valence-electron chi connectivity index (χ3n) is 6.03. The van der Waals surface area contributed by atoms with Crippen LogP contribution in [-0.2, 0) is 14.8 Å². The molecule has 0 unspecified atom stereocenters. The second-order valence-electron chi connectivity index (χ2n) is 8.29. The minimum atomic E-state index is -3.83. The van der Waals surface area contributed by atoms with Gasteiger partial charge in [0.05, 0.1) is 18.1 Å². The summed E-state index contributed by atoms with van der Waals surface area (Å²) in [5.41, 5.74) is 0.872. The normalized spacial score (nSPS) is 18.5. The first-order chi connectivity index (χ1) is 15.4. The van der Waals surface area contributed by atoms with Crippen molar-refractivity contribution in [2.45, 2.75) is 17.7 Å². The zero-order valence-corrected chi connectivity index (χ0v) is 18.7. The van der Waals surface area contributed by atoms with Crippen LogP contribution in [0.15, 0.2) is 53.4 Å². The molecule has 7 nitrogen and oxygen atoms in total. The fourth-order valence-electron chi connectivity index (χ4n) is 4.16. The van der Waals surface area contributed by atoms with E-state index in [1.807, 2.05) is 4.90 Å². The Kier molecular flexibility index (Phi) is 7.07. The third kappa shape index (κ3) is 5.65. The van der Waals surface area contributed by atoms with Crippen molar-refractivity contribution in [1.82, 2.24) is 9.80 Å². The number of likely N-dealkylation sites (tertiary alicyclic amines) is 1. The summed E-state index contributed by atoms with van der Waals surface area (Å²) in [7, 11) is -3.83. The number of benzene rings is 2. The molecular formula is C23H28FN3O4S. The molecule has 0 radical (unpaired) electrons. The van der Waals surface area contributed by atoms with Crippen LogP contribution < -0.4 is 4.72 Å². The van der Waals surface area contributed by atoms with Gasteiger partial charge in [-0.25, -0.2) is 12.8 Å². The average Bonchev–Trinajstić information content (AvgIpc) is 2.80. The molecule has 32 heavy (non-hydrogen) atoms. The van der Waals surface area contributed by atoms with Gasteiger partial charge in [0.1, 0.15) is 5.82 Å². The molecule has 172 valence electrons. The number of carbonyl (C=O) groups excluding carboxylic acids is 1. The number of sulfonamides is 1. The fraction of sp³-hybridized carbons (Fsp3) is 0.435. The summed E-state index contributed by atoms with van der Waals surface area (Å²) in [4.78, 5) is 17.2. The molecule has 2 aliphatic rings. The van der Waals surface area contributed by atoms with E-state index < -0.39 is 15.8 Å². The Bertz CT molecular complexity index is 1010. The summed E-state index contributed by atoms with van der Waals surface area (Å²) in [6.45, 7) is 6.08. The number of rotatable bonds is 6. The maximum atomic E-state index is 13.0. The van der Waals surface area contributed by atoms with Crippen molar-refractivity contribution in [2.75, 3.05) is 50.7 Å². The lowest BCUT2D eigenvalue weighted by atomic mass is 9.95. The van der Waals surface area contributed by atoms with E-state index in [4.69, 9.17) is 4.74 Å². The maximum Gasteiger partial charge on any atom is 0.261 e. The zero-order chi connectivity index (χ0) is 22.6. The number of anilines is 1. The Hall–Kier alpha value is -2.49. The molecule has 2 heterocycles. The van der Waals surface area contributed by atoms with E-state index >= 15 is 0 Å². The van der Waals surface area contributed by atoms with Gasteiger partial charge in [0.25, 0.3) is 15.9 Å². The lowest BCUT2D eigenvalue weighted by Gasteiger charge is -2.36. The molecule has 0 bridgehead atoms. The molecule has 2 aromatic carbocycles. The molecule has 0 aliphatic carbocycles. The smallest absolute Gasteiger partial charge is 0.261 e. The van der Waals surface area contributed by atoms with E-state index in [0.717, 1.165) is 70.9 Å². The van der Waals surface area contributed by atoms with Crippen LogP contribution in [0.3, 0.4) is 0 Å². The first kappa shape index (κ1) is 22.7. The minimum absolute atomic E-state index is 0.0287. The maximum absolute atomic E-state index is 13.0. The standard InChI is InChI=1S/C23H28FN3O4S/c24-20-3-7-22(8-4-20)32(29,30)25-21-5-1-19(2-6-21)23(28)27-11-9-18(10-12-27)17-26-13-15-31-16-14-26/h1-8,18,25H,9-17H2. The first-order valence-electron chi connectivity index (χ1n) is 10.9. The van der Waals surface area contributed by atoms with Gasteiger partial charge in [-0.3, -0.25) is 14.4 Å². The number of amides is 1. The molecule has 4 rings (SSSR count). The van der Waals surface area contributed by atoms with Gasteiger partial charge >= 0.3 is 0 Å². The van der Waals surface area contributed by atoms with Gasteiger partial charge in [0, 0.05) is 44.0 Å². The molecule has 2 aromatic rings. The molecule has 9 heteroatoms. The highest BCUT2D eigenvalue weighted by Crippen LogP contribution is 2.22. The van der Waals surface area contributed by atoms with Gasteiger partial charge in [-0.15, -0.1) is 0 Å². The molecule has 0 saturated carbocycles. The van der Waals surface area contributed by atoms with Gasteiger partial charge in [-0.2, -0.15) is 0 Å². The number of morpholine rings is 1. The van der Waals surface area contributed by atoms with Crippen LogP contribution in [0.25, 0.3) is 0 Å². The van der Waals surface area contributed by atoms with Crippen LogP contribution in [0.2, 0.25) is 0 Å². The molecule has 1 N–H and O–H groups in total. The van der Waals surface area contributed by atoms with Gasteiger partial charge < -0.3 is 9.64 Å². The molecule has 0 aromatic heterocycles. The third-order valence-corrected chi connectivity index (χ3v) is 7.43. The van der Waals surface area contributed by atoms with Crippen LogP contribution in [0.5, 0.6) is 0 Å². The minimum Gasteiger partial charge on any atom is -0.379 e. The second-order valence-corrected chi connectivity index (χ2v) is 9.97. The highest BCUT2D eigenvalue weighted by Gasteiger charge is 2.25. The average molecular weight is 462 g/mol. The van der Waals surface area contributed by atoms with E-state index in [2.05, 4.69) is 9.62 Å². The Balaban J connectivity index is 1.31. The van der Waals surface area contributed by atoms with Gasteiger partial charge in [0.15, 0.2) is 0 Å². The summed E-state index contributed by atoms with van der Waals surface area (Å²) in [6.07, 6.45) is 1.97. The van der Waals surface area contributed by atoms with Gasteiger partial charge in [-0.1, -0.05) is 0 Å². The summed E-state index contributed by atoms with van der Waals surface area (Å²) in [6, 6.07) is 11.0. The monoisotopic (exact) mass is 461 g/mol. The van der Waals surface area contributed by atoms with Crippen molar-refractivity contribution in [3.8, 4) is 0 Å². The molecule has 2 fully saturated rings. The van der Waals surface area contributed by atoms with Gasteiger partial charge in [-0.05, 0) is 67.3 Å². The Morgan fingerprint density at radius 1 is 0.969 bits per heavy atom. The van der Waals surface area contributed by atoms with Crippen molar-refractivity contribution < 1.29 is 22.3 Å². The number of halogens is 1. The number of nitrogens with one attached hydrogen (secondary N) is 1. The van der Waals surface area contributed by atoms with E-state index in [1.165, 1.54) is 12.1 Å². The molecule has 0 atom stereocenters. The van der Waals surface area contributed by atoms with Crippen molar-refractivity contribution in [1.29, 1.82) is 0 Å². The first-order valence-corrected chi connectivity index (χ1v) is 12.4. The SMILES string of the molecule is O=C(c1ccc(NS(=O)(=O)c2ccc(F)cc2)cc1)N1CCC(CN2CCOCC2)CC1. The highest BCUT2D eigenvalue weighted by molar-refractivity contribution is 7.92. The summed E-state index contributed by atoms with van der Waals surface area (Å²) in [5.74, 6) is 0.0557. The second kappa shape index (κ2) is 9.97. The summed E-state index contributed by atoms with van der Waals surface area (Å²) in [5, 5.41) is 0. The molecular weight excluding hydrogens is 433 g/mol. The molecule has 0 spiro atoms. The quantitative estimate of drug-likeness (QED) is 0.716. The number of hydrogen-bond donors (Lipinski definition) is 1. The zero-order valence-electron chi connectivity index (χ0n) is 17.9. The predicted molar refractivity (Wildman–Crippen MR) is 120 cm³/mol. The predicted octanol–water partition coefficient (Wildman–Crippen LogP) is 2.81. The summed E-state index contributed by atoms with van der Waals surface area (Å²) >= 11 is 0. The highest BCUT2D eigenvalue weighted by atomic mass is 32.2. The molecule has 1 amide bonds.